The summed E-state index contributed by atoms with van der Waals surface area (Å²) in [4.78, 5) is 7.40. The number of hydrogen-bond acceptors (Lipinski definition) is 4. The van der Waals surface area contributed by atoms with Crippen LogP contribution in [0, 0.1) is 0 Å². The fraction of sp³-hybridized carbons (Fsp3) is 0. The van der Waals surface area contributed by atoms with Crippen LogP contribution in [0.1, 0.15) is 0 Å². The summed E-state index contributed by atoms with van der Waals surface area (Å²) in [5.74, 6) is 0.583. The van der Waals surface area contributed by atoms with Crippen LogP contribution in [0.4, 0.5) is 17.1 Å². The first-order chi connectivity index (χ1) is 26.3. The van der Waals surface area contributed by atoms with Gasteiger partial charge in [0.1, 0.15) is 16.7 Å². The van der Waals surface area contributed by atoms with E-state index in [2.05, 4.69) is 138 Å². The molecule has 0 N–H and O–H groups in total. The van der Waals surface area contributed by atoms with Gasteiger partial charge < -0.3 is 13.7 Å². The van der Waals surface area contributed by atoms with Gasteiger partial charge in [0.2, 0.25) is 5.89 Å². The first kappa shape index (κ1) is 30.6. The van der Waals surface area contributed by atoms with Gasteiger partial charge in [-0.1, -0.05) is 133 Å². The number of rotatable bonds is 7. The third-order valence-electron chi connectivity index (χ3n) is 9.93. The fourth-order valence-electron chi connectivity index (χ4n) is 7.35. The van der Waals surface area contributed by atoms with Crippen LogP contribution in [0.15, 0.2) is 203 Å². The normalized spacial score (nSPS) is 11.4. The van der Waals surface area contributed by atoms with Crippen LogP contribution in [0.5, 0.6) is 0 Å². The minimum Gasteiger partial charge on any atom is -0.456 e. The molecule has 0 aliphatic carbocycles. The number of hydrogen-bond donors (Lipinski definition) is 0. The number of furan rings is 1. The van der Waals surface area contributed by atoms with Gasteiger partial charge in [-0.3, -0.25) is 0 Å². The highest BCUT2D eigenvalue weighted by Crippen LogP contribution is 2.44. The van der Waals surface area contributed by atoms with Crippen molar-refractivity contribution in [3.8, 4) is 44.8 Å². The second-order valence-electron chi connectivity index (χ2n) is 13.2. The molecule has 10 aromatic rings. The third-order valence-corrected chi connectivity index (χ3v) is 9.93. The number of para-hydroxylation sites is 1. The molecular weight excluding hydrogens is 649 g/mol. The fourth-order valence-corrected chi connectivity index (χ4v) is 7.35. The quantitative estimate of drug-likeness (QED) is 0.168. The van der Waals surface area contributed by atoms with Crippen molar-refractivity contribution in [2.24, 2.45) is 0 Å². The Labute approximate surface area is 306 Å². The summed E-state index contributed by atoms with van der Waals surface area (Å²) in [6.45, 7) is 0. The molecular formula is C49H32N2O2. The highest BCUT2D eigenvalue weighted by molar-refractivity contribution is 6.19. The average Bonchev–Trinajstić information content (AvgIpc) is 3.83. The second-order valence-corrected chi connectivity index (χ2v) is 13.2. The SMILES string of the molecule is c1ccc(-c2ccc(N(c3ccc(-c4ccccc4)cc3)c3ccc(-c4c5nc(-c6ccccc6)oc5cc5oc6ccccc6c45)cc3)cc2)cc1. The number of fused-ring (bicyclic) bond motifs is 4. The van der Waals surface area contributed by atoms with E-state index in [0.717, 1.165) is 61.2 Å². The van der Waals surface area contributed by atoms with Crippen molar-refractivity contribution in [1.82, 2.24) is 4.98 Å². The van der Waals surface area contributed by atoms with E-state index in [1.807, 2.05) is 60.7 Å². The lowest BCUT2D eigenvalue weighted by Gasteiger charge is -2.26. The van der Waals surface area contributed by atoms with Crippen LogP contribution in [-0.2, 0) is 0 Å². The molecule has 0 amide bonds. The standard InChI is InChI=1S/C49H32N2O2/c1-4-12-33(13-5-1)35-20-26-39(27-21-35)51(40-28-22-36(23-29-40)34-14-6-2-7-15-34)41-30-24-37(25-31-41)46-47-42-18-10-11-19-43(42)52-44(47)32-45-48(46)50-49(53-45)38-16-8-3-9-17-38/h1-32H. The van der Waals surface area contributed by atoms with E-state index in [0.29, 0.717) is 11.5 Å². The molecule has 250 valence electrons. The number of anilines is 3. The van der Waals surface area contributed by atoms with Crippen LogP contribution in [0.3, 0.4) is 0 Å². The lowest BCUT2D eigenvalue weighted by Crippen LogP contribution is -2.09. The predicted molar refractivity (Wildman–Crippen MR) is 218 cm³/mol. The van der Waals surface area contributed by atoms with Gasteiger partial charge in [-0.2, -0.15) is 0 Å². The lowest BCUT2D eigenvalue weighted by molar-refractivity contribution is 0.617. The van der Waals surface area contributed by atoms with Crippen molar-refractivity contribution in [2.45, 2.75) is 0 Å². The Morgan fingerprint density at radius 2 is 0.811 bits per heavy atom. The van der Waals surface area contributed by atoms with E-state index in [1.165, 1.54) is 22.3 Å². The zero-order chi connectivity index (χ0) is 35.1. The zero-order valence-corrected chi connectivity index (χ0v) is 28.7. The second kappa shape index (κ2) is 12.9. The Bertz CT molecular complexity index is 2760. The van der Waals surface area contributed by atoms with Crippen molar-refractivity contribution in [3.63, 3.8) is 0 Å². The maximum absolute atomic E-state index is 6.40. The molecule has 0 unspecified atom stereocenters. The Balaban J connectivity index is 1.11. The molecule has 4 heteroatoms. The monoisotopic (exact) mass is 680 g/mol. The van der Waals surface area contributed by atoms with E-state index < -0.39 is 0 Å². The first-order valence-electron chi connectivity index (χ1n) is 17.8. The molecule has 53 heavy (non-hydrogen) atoms. The molecule has 0 fully saturated rings. The summed E-state index contributed by atoms with van der Waals surface area (Å²) in [5.41, 5.74) is 14.0. The predicted octanol–water partition coefficient (Wildman–Crippen LogP) is 13.9. The molecule has 0 saturated carbocycles. The molecule has 10 rings (SSSR count). The topological polar surface area (TPSA) is 42.4 Å². The third kappa shape index (κ3) is 5.54. The molecule has 4 nitrogen and oxygen atoms in total. The lowest BCUT2D eigenvalue weighted by atomic mass is 9.97. The van der Waals surface area contributed by atoms with E-state index >= 15 is 0 Å². The number of oxazole rings is 1. The van der Waals surface area contributed by atoms with E-state index in [-0.39, 0.29) is 0 Å². The molecule has 2 aromatic heterocycles. The maximum Gasteiger partial charge on any atom is 0.227 e. The van der Waals surface area contributed by atoms with Gasteiger partial charge in [-0.15, -0.1) is 0 Å². The molecule has 0 bridgehead atoms. The Kier molecular flexibility index (Phi) is 7.43. The summed E-state index contributed by atoms with van der Waals surface area (Å²) in [6.07, 6.45) is 0. The van der Waals surface area contributed by atoms with Crippen molar-refractivity contribution < 1.29 is 8.83 Å². The Hall–Kier alpha value is -7.17. The van der Waals surface area contributed by atoms with Crippen molar-refractivity contribution >= 4 is 50.1 Å². The molecule has 2 heterocycles. The summed E-state index contributed by atoms with van der Waals surface area (Å²) in [5, 5.41) is 2.07. The van der Waals surface area contributed by atoms with Gasteiger partial charge in [0.25, 0.3) is 0 Å². The Morgan fingerprint density at radius 1 is 0.358 bits per heavy atom. The van der Waals surface area contributed by atoms with E-state index in [9.17, 15) is 0 Å². The summed E-state index contributed by atoms with van der Waals surface area (Å²) < 4.78 is 12.8. The maximum atomic E-state index is 6.40. The van der Waals surface area contributed by atoms with Crippen LogP contribution >= 0.6 is 0 Å². The average molecular weight is 681 g/mol. The summed E-state index contributed by atoms with van der Waals surface area (Å²) >= 11 is 0. The van der Waals surface area contributed by atoms with Crippen molar-refractivity contribution in [3.05, 3.63) is 194 Å². The van der Waals surface area contributed by atoms with Crippen molar-refractivity contribution in [2.75, 3.05) is 4.90 Å². The minimum absolute atomic E-state index is 0.583. The van der Waals surface area contributed by atoms with Gasteiger partial charge in [0, 0.05) is 45.0 Å². The number of nitrogens with zero attached hydrogens (tertiary/aromatic N) is 2. The smallest absolute Gasteiger partial charge is 0.227 e. The molecule has 0 saturated heterocycles. The zero-order valence-electron chi connectivity index (χ0n) is 28.7. The molecule has 0 spiro atoms. The largest absolute Gasteiger partial charge is 0.456 e. The summed E-state index contributed by atoms with van der Waals surface area (Å²) in [6, 6.07) is 67.5. The van der Waals surface area contributed by atoms with Crippen LogP contribution in [0.25, 0.3) is 77.9 Å². The molecule has 0 aliphatic heterocycles. The van der Waals surface area contributed by atoms with Crippen LogP contribution in [-0.4, -0.2) is 4.98 Å². The molecule has 0 atom stereocenters. The summed E-state index contributed by atoms with van der Waals surface area (Å²) in [7, 11) is 0. The Morgan fingerprint density at radius 3 is 1.36 bits per heavy atom. The number of benzene rings is 8. The molecule has 0 aliphatic rings. The highest BCUT2D eigenvalue weighted by Gasteiger charge is 2.22. The first-order valence-corrected chi connectivity index (χ1v) is 17.8. The van der Waals surface area contributed by atoms with Gasteiger partial charge in [0.15, 0.2) is 5.58 Å². The van der Waals surface area contributed by atoms with Gasteiger partial charge in [-0.25, -0.2) is 4.98 Å². The van der Waals surface area contributed by atoms with Gasteiger partial charge in [0.05, 0.1) is 0 Å². The van der Waals surface area contributed by atoms with Gasteiger partial charge >= 0.3 is 0 Å². The highest BCUT2D eigenvalue weighted by atomic mass is 16.4. The number of aromatic nitrogens is 1. The van der Waals surface area contributed by atoms with Crippen LogP contribution < -0.4 is 4.90 Å². The molecule has 0 radical (unpaired) electrons. The van der Waals surface area contributed by atoms with Gasteiger partial charge in [-0.05, 0) is 82.4 Å². The molecule has 8 aromatic carbocycles. The van der Waals surface area contributed by atoms with Crippen LogP contribution in [0.2, 0.25) is 0 Å². The minimum atomic E-state index is 0.583. The van der Waals surface area contributed by atoms with E-state index in [4.69, 9.17) is 13.8 Å². The van der Waals surface area contributed by atoms with E-state index in [1.54, 1.807) is 0 Å². The van der Waals surface area contributed by atoms with Crippen molar-refractivity contribution in [1.29, 1.82) is 0 Å².